The zero-order valence-electron chi connectivity index (χ0n) is 8.69. The third kappa shape index (κ3) is 1.85. The molecule has 2 rings (SSSR count). The molecule has 0 aliphatic rings. The number of nitrogens with zero attached hydrogens (tertiary/aromatic N) is 2. The Labute approximate surface area is 90.9 Å². The van der Waals surface area contributed by atoms with E-state index in [-0.39, 0.29) is 11.5 Å². The van der Waals surface area contributed by atoms with Crippen molar-refractivity contribution in [3.8, 4) is 0 Å². The highest BCUT2D eigenvalue weighted by Gasteiger charge is 2.06. The van der Waals surface area contributed by atoms with Gasteiger partial charge in [0.05, 0.1) is 0 Å². The molecule has 0 atom stereocenters. The summed E-state index contributed by atoms with van der Waals surface area (Å²) in [7, 11) is 0. The lowest BCUT2D eigenvalue weighted by Crippen LogP contribution is -2.10. The van der Waals surface area contributed by atoms with Gasteiger partial charge in [-0.2, -0.15) is 4.98 Å². The van der Waals surface area contributed by atoms with Gasteiger partial charge in [-0.25, -0.2) is 4.98 Å². The highest BCUT2D eigenvalue weighted by atomic mass is 16.1. The monoisotopic (exact) mass is 217 g/mol. The quantitative estimate of drug-likeness (QED) is 0.648. The summed E-state index contributed by atoms with van der Waals surface area (Å²) in [5.41, 5.74) is 5.74. The van der Waals surface area contributed by atoms with Crippen molar-refractivity contribution in [2.75, 3.05) is 5.73 Å². The first-order valence-corrected chi connectivity index (χ1v) is 4.75. The average molecular weight is 217 g/mol. The summed E-state index contributed by atoms with van der Waals surface area (Å²) < 4.78 is 0. The molecule has 2 aromatic rings. The molecule has 0 radical (unpaired) electrons. The van der Waals surface area contributed by atoms with Crippen molar-refractivity contribution in [1.29, 1.82) is 0 Å². The second kappa shape index (κ2) is 4.01. The predicted molar refractivity (Wildman–Crippen MR) is 62.8 cm³/mol. The molecule has 0 bridgehead atoms. The number of hydrogen-bond acceptors (Lipinski definition) is 4. The van der Waals surface area contributed by atoms with E-state index in [0.717, 1.165) is 0 Å². The van der Waals surface area contributed by atoms with Crippen molar-refractivity contribution in [2.24, 2.45) is 0 Å². The maximum atomic E-state index is 11.5. The largest absolute Gasteiger partial charge is 0.369 e. The molecule has 0 aromatic carbocycles. The molecule has 16 heavy (non-hydrogen) atoms. The van der Waals surface area contributed by atoms with E-state index in [4.69, 9.17) is 5.73 Å². The molecule has 0 amide bonds. The first-order valence-electron chi connectivity index (χ1n) is 4.75. The van der Waals surface area contributed by atoms with E-state index in [1.54, 1.807) is 6.08 Å². The van der Waals surface area contributed by atoms with Crippen LogP contribution in [0, 0.1) is 0 Å². The molecule has 0 unspecified atom stereocenters. The summed E-state index contributed by atoms with van der Waals surface area (Å²) in [6, 6.07) is 0. The zero-order chi connectivity index (χ0) is 11.5. The van der Waals surface area contributed by atoms with Crippen molar-refractivity contribution in [1.82, 2.24) is 19.9 Å². The molecule has 0 saturated carbocycles. The molecule has 0 aliphatic carbocycles. The molecule has 6 heteroatoms. The number of allylic oxidation sites excluding steroid dienone is 3. The van der Waals surface area contributed by atoms with Crippen LogP contribution >= 0.6 is 0 Å². The van der Waals surface area contributed by atoms with Gasteiger partial charge in [0.2, 0.25) is 5.95 Å². The minimum Gasteiger partial charge on any atom is -0.369 e. The second-order valence-corrected chi connectivity index (χ2v) is 3.16. The standard InChI is InChI=1S/C10H11N5O/c1-2-3-4-5-6-12-7-8(13-6)14-10(11)15-9(7)16/h2-5H,1H3,(H4,11,12,13,14,15,16)/b3-2+,5-4+. The Morgan fingerprint density at radius 1 is 1.25 bits per heavy atom. The third-order valence-corrected chi connectivity index (χ3v) is 1.96. The number of nitrogens with one attached hydrogen (secondary N) is 2. The number of anilines is 1. The Hall–Kier alpha value is -2.37. The van der Waals surface area contributed by atoms with E-state index < -0.39 is 0 Å². The number of aromatic nitrogens is 4. The van der Waals surface area contributed by atoms with Gasteiger partial charge >= 0.3 is 0 Å². The van der Waals surface area contributed by atoms with Crippen LogP contribution in [-0.4, -0.2) is 19.9 Å². The normalized spacial score (nSPS) is 12.1. The fraction of sp³-hybridized carbons (Fsp3) is 0.100. The van der Waals surface area contributed by atoms with Crippen LogP contribution in [0.3, 0.4) is 0 Å². The first-order chi connectivity index (χ1) is 7.70. The van der Waals surface area contributed by atoms with Gasteiger partial charge in [-0.1, -0.05) is 18.2 Å². The van der Waals surface area contributed by atoms with Crippen molar-refractivity contribution < 1.29 is 0 Å². The Bertz CT molecular complexity index is 620. The van der Waals surface area contributed by atoms with Gasteiger partial charge in [-0.3, -0.25) is 9.78 Å². The third-order valence-electron chi connectivity index (χ3n) is 1.96. The first kappa shape index (κ1) is 10.2. The molecule has 0 spiro atoms. The van der Waals surface area contributed by atoms with Gasteiger partial charge in [0.15, 0.2) is 11.2 Å². The Balaban J connectivity index is 2.52. The summed E-state index contributed by atoms with van der Waals surface area (Å²) in [5.74, 6) is 0.629. The fourth-order valence-corrected chi connectivity index (χ4v) is 1.28. The molecule has 0 aliphatic heterocycles. The molecule has 6 nitrogen and oxygen atoms in total. The number of H-pyrrole nitrogens is 2. The number of nitrogen functional groups attached to an aromatic ring is 1. The summed E-state index contributed by atoms with van der Waals surface area (Å²) in [6.45, 7) is 1.91. The van der Waals surface area contributed by atoms with E-state index >= 15 is 0 Å². The number of imidazole rings is 1. The highest BCUT2D eigenvalue weighted by Crippen LogP contribution is 2.05. The van der Waals surface area contributed by atoms with Crippen LogP contribution in [0.15, 0.2) is 23.0 Å². The lowest BCUT2D eigenvalue weighted by atomic mass is 10.4. The van der Waals surface area contributed by atoms with E-state index in [9.17, 15) is 4.79 Å². The smallest absolute Gasteiger partial charge is 0.278 e. The Morgan fingerprint density at radius 2 is 2.06 bits per heavy atom. The molecular weight excluding hydrogens is 206 g/mol. The number of nitrogens with two attached hydrogens (primary N) is 1. The van der Waals surface area contributed by atoms with Crippen molar-refractivity contribution in [3.05, 3.63) is 34.4 Å². The topological polar surface area (TPSA) is 100 Å². The summed E-state index contributed by atoms with van der Waals surface area (Å²) in [5, 5.41) is 0. The van der Waals surface area contributed by atoms with Gasteiger partial charge in [0, 0.05) is 0 Å². The van der Waals surface area contributed by atoms with Gasteiger partial charge in [0.25, 0.3) is 5.56 Å². The Morgan fingerprint density at radius 3 is 2.81 bits per heavy atom. The minimum absolute atomic E-state index is 0.0629. The van der Waals surface area contributed by atoms with E-state index in [1.807, 2.05) is 25.2 Å². The fourth-order valence-electron chi connectivity index (χ4n) is 1.28. The van der Waals surface area contributed by atoms with Crippen LogP contribution in [0.2, 0.25) is 0 Å². The van der Waals surface area contributed by atoms with Gasteiger partial charge < -0.3 is 10.7 Å². The lowest BCUT2D eigenvalue weighted by molar-refractivity contribution is 1.17. The van der Waals surface area contributed by atoms with E-state index in [0.29, 0.717) is 17.0 Å². The van der Waals surface area contributed by atoms with Crippen molar-refractivity contribution in [2.45, 2.75) is 6.92 Å². The van der Waals surface area contributed by atoms with Gasteiger partial charge in [-0.05, 0) is 13.0 Å². The van der Waals surface area contributed by atoms with Gasteiger partial charge in [0.1, 0.15) is 5.82 Å². The average Bonchev–Trinajstić information content (AvgIpc) is 2.61. The van der Waals surface area contributed by atoms with Crippen LogP contribution in [0.5, 0.6) is 0 Å². The SMILES string of the molecule is C/C=C/C=C/c1nc2nc(N)[nH]c(=O)c2[nH]1. The molecule has 2 aromatic heterocycles. The maximum Gasteiger partial charge on any atom is 0.278 e. The summed E-state index contributed by atoms with van der Waals surface area (Å²) in [4.78, 5) is 24.7. The van der Waals surface area contributed by atoms with Crippen LogP contribution in [0.25, 0.3) is 17.2 Å². The highest BCUT2D eigenvalue weighted by molar-refractivity contribution is 5.72. The predicted octanol–water partition coefficient (Wildman–Crippen LogP) is 0.818. The maximum absolute atomic E-state index is 11.5. The molecule has 0 saturated heterocycles. The van der Waals surface area contributed by atoms with Crippen molar-refractivity contribution >= 4 is 23.2 Å². The zero-order valence-corrected chi connectivity index (χ0v) is 8.69. The number of aromatic amines is 2. The minimum atomic E-state index is -0.319. The summed E-state index contributed by atoms with van der Waals surface area (Å²) in [6.07, 6.45) is 7.31. The van der Waals surface area contributed by atoms with Crippen molar-refractivity contribution in [3.63, 3.8) is 0 Å². The summed E-state index contributed by atoms with van der Waals surface area (Å²) >= 11 is 0. The van der Waals surface area contributed by atoms with Crippen LogP contribution in [0.4, 0.5) is 5.95 Å². The van der Waals surface area contributed by atoms with Gasteiger partial charge in [-0.15, -0.1) is 0 Å². The molecule has 2 heterocycles. The molecular formula is C10H11N5O. The molecule has 82 valence electrons. The second-order valence-electron chi connectivity index (χ2n) is 3.16. The Kier molecular flexibility index (Phi) is 2.55. The molecule has 0 fully saturated rings. The molecule has 4 N–H and O–H groups in total. The van der Waals surface area contributed by atoms with E-state index in [2.05, 4.69) is 19.9 Å². The number of rotatable bonds is 2. The van der Waals surface area contributed by atoms with Crippen LogP contribution in [0.1, 0.15) is 12.7 Å². The lowest BCUT2D eigenvalue weighted by Gasteiger charge is -1.89. The number of fused-ring (bicyclic) bond motifs is 1. The van der Waals surface area contributed by atoms with Crippen LogP contribution in [-0.2, 0) is 0 Å². The number of hydrogen-bond donors (Lipinski definition) is 3. The van der Waals surface area contributed by atoms with E-state index in [1.165, 1.54) is 0 Å². The van der Waals surface area contributed by atoms with Crippen LogP contribution < -0.4 is 11.3 Å².